The molecular weight excluding hydrogens is 147 g/mol. The summed E-state index contributed by atoms with van der Waals surface area (Å²) in [5, 5.41) is 0. The van der Waals surface area contributed by atoms with E-state index in [1.807, 2.05) is 0 Å². The summed E-state index contributed by atoms with van der Waals surface area (Å²) in [4.78, 5) is 9.00. The summed E-state index contributed by atoms with van der Waals surface area (Å²) in [6, 6.07) is -0.833. The molecule has 0 rings (SSSR count). The monoisotopic (exact) mass is 152 g/mol. The molecule has 5 N–H and O–H groups in total. The molecule has 2 amide bonds. The van der Waals surface area contributed by atoms with Crippen LogP contribution in [0.1, 0.15) is 0 Å². The maximum absolute atomic E-state index is 9.00. The van der Waals surface area contributed by atoms with E-state index in [0.717, 1.165) is 0 Å². The van der Waals surface area contributed by atoms with E-state index in [2.05, 4.69) is 11.5 Å². The third-order valence-electron chi connectivity index (χ3n) is 0. The van der Waals surface area contributed by atoms with Crippen LogP contribution in [0.15, 0.2) is 0 Å². The molecule has 7 heavy (non-hydrogen) atoms. The van der Waals surface area contributed by atoms with Gasteiger partial charge in [0.1, 0.15) is 0 Å². The molecule has 0 spiro atoms. The minimum absolute atomic E-state index is 0. The molecule has 0 saturated carbocycles. The van der Waals surface area contributed by atoms with Crippen LogP contribution in [0.5, 0.6) is 0 Å². The van der Waals surface area contributed by atoms with E-state index in [4.69, 9.17) is 4.79 Å². The Kier molecular flexibility index (Phi) is 54.2. The standard InChI is InChI=1S/CH4N2O.ClH.K.H2O/c2-1(3)4;;;/h(H4,2,3,4);1H;;1H2/q;;+1;/p-1. The van der Waals surface area contributed by atoms with Crippen LogP contribution in [0.25, 0.3) is 0 Å². The van der Waals surface area contributed by atoms with Crippen molar-refractivity contribution in [3.63, 3.8) is 0 Å². The number of carbonyl (C=O) groups is 1. The first-order chi connectivity index (χ1) is 1.73. The predicted molar refractivity (Wildman–Crippen MR) is 23.0 cm³/mol. The maximum atomic E-state index is 9.00. The van der Waals surface area contributed by atoms with Gasteiger partial charge in [0.2, 0.25) is 0 Å². The van der Waals surface area contributed by atoms with Crippen LogP contribution in [0.2, 0.25) is 0 Å². The Hall–Kier alpha value is 1.16. The minimum Gasteiger partial charge on any atom is -0.870 e. The van der Waals surface area contributed by atoms with E-state index < -0.39 is 6.03 Å². The van der Waals surface area contributed by atoms with Gasteiger partial charge in [0.15, 0.2) is 0 Å². The smallest absolute Gasteiger partial charge is 0.870 e. The van der Waals surface area contributed by atoms with Crippen molar-refractivity contribution >= 4 is 18.4 Å². The molecule has 0 aromatic rings. The number of urea groups is 1. The molecular formula is CH6ClKN2O2. The number of halogens is 1. The first kappa shape index (κ1) is 24.2. The fraction of sp³-hybridized carbons (Fsp3) is 0. The Morgan fingerprint density at radius 3 is 1.29 bits per heavy atom. The summed E-state index contributed by atoms with van der Waals surface area (Å²) in [6.07, 6.45) is 0. The molecule has 4 nitrogen and oxygen atoms in total. The van der Waals surface area contributed by atoms with E-state index in [0.29, 0.717) is 0 Å². The SMILES string of the molecule is Cl.NC(N)=O.[K+].[OH-]. The molecule has 0 atom stereocenters. The van der Waals surface area contributed by atoms with Crippen LogP contribution in [0.3, 0.4) is 0 Å². The van der Waals surface area contributed by atoms with Crippen molar-refractivity contribution in [2.24, 2.45) is 11.5 Å². The average Bonchev–Trinajstić information content (AvgIpc) is 0.811. The van der Waals surface area contributed by atoms with E-state index in [9.17, 15) is 0 Å². The number of rotatable bonds is 0. The molecule has 6 heteroatoms. The predicted octanol–water partition coefficient (Wildman–Crippen LogP) is -3.73. The van der Waals surface area contributed by atoms with Crippen LogP contribution in [-0.2, 0) is 0 Å². The van der Waals surface area contributed by atoms with Crippen LogP contribution < -0.4 is 62.9 Å². The van der Waals surface area contributed by atoms with E-state index in [1.165, 1.54) is 0 Å². The van der Waals surface area contributed by atoms with Gasteiger partial charge in [0, 0.05) is 0 Å². The second-order valence-corrected chi connectivity index (χ2v) is 0.402. The van der Waals surface area contributed by atoms with Gasteiger partial charge in [-0.25, -0.2) is 4.79 Å². The largest absolute Gasteiger partial charge is 1.00 e. The van der Waals surface area contributed by atoms with Crippen molar-refractivity contribution in [3.05, 3.63) is 0 Å². The number of primary amides is 2. The second-order valence-electron chi connectivity index (χ2n) is 0.402. The first-order valence-electron chi connectivity index (χ1n) is 0.781. The van der Waals surface area contributed by atoms with Crippen molar-refractivity contribution in [2.45, 2.75) is 0 Å². The molecule has 0 bridgehead atoms. The van der Waals surface area contributed by atoms with E-state index >= 15 is 0 Å². The van der Waals surface area contributed by atoms with Gasteiger partial charge >= 0.3 is 57.4 Å². The quantitative estimate of drug-likeness (QED) is 0.349. The number of carbonyl (C=O) groups excluding carboxylic acids is 1. The third kappa shape index (κ3) is 142. The summed E-state index contributed by atoms with van der Waals surface area (Å²) >= 11 is 0. The van der Waals surface area contributed by atoms with Crippen molar-refractivity contribution in [2.75, 3.05) is 0 Å². The average molecular weight is 153 g/mol. The summed E-state index contributed by atoms with van der Waals surface area (Å²) in [5.74, 6) is 0. The van der Waals surface area contributed by atoms with Gasteiger partial charge in [-0.3, -0.25) is 0 Å². The topological polar surface area (TPSA) is 99.1 Å². The molecule has 0 aliphatic heterocycles. The zero-order valence-electron chi connectivity index (χ0n) is 3.92. The Morgan fingerprint density at radius 2 is 1.29 bits per heavy atom. The summed E-state index contributed by atoms with van der Waals surface area (Å²) in [7, 11) is 0. The molecule has 0 heterocycles. The van der Waals surface area contributed by atoms with Gasteiger partial charge in [-0.1, -0.05) is 0 Å². The molecule has 0 fully saturated rings. The number of hydrogen-bond donors (Lipinski definition) is 2. The zero-order chi connectivity index (χ0) is 3.58. The molecule has 0 aromatic carbocycles. The first-order valence-corrected chi connectivity index (χ1v) is 0.781. The fourth-order valence-electron chi connectivity index (χ4n) is 0. The van der Waals surface area contributed by atoms with E-state index in [-0.39, 0.29) is 69.3 Å². The van der Waals surface area contributed by atoms with Gasteiger partial charge < -0.3 is 16.9 Å². The zero-order valence-corrected chi connectivity index (χ0v) is 7.86. The number of nitrogens with two attached hydrogens (primary N) is 2. The second kappa shape index (κ2) is 15.7. The third-order valence-corrected chi connectivity index (χ3v) is 0. The summed E-state index contributed by atoms with van der Waals surface area (Å²) in [6.45, 7) is 0. The van der Waals surface area contributed by atoms with E-state index in [1.54, 1.807) is 0 Å². The normalized spacial score (nSPS) is 3.43. The van der Waals surface area contributed by atoms with Gasteiger partial charge in [-0.2, -0.15) is 0 Å². The summed E-state index contributed by atoms with van der Waals surface area (Å²) < 4.78 is 0. The molecule has 0 aromatic heterocycles. The van der Waals surface area contributed by atoms with Crippen molar-refractivity contribution < 1.29 is 61.7 Å². The fourth-order valence-corrected chi connectivity index (χ4v) is 0. The minimum atomic E-state index is -0.833. The molecule has 0 saturated heterocycles. The molecule has 0 radical (unpaired) electrons. The van der Waals surface area contributed by atoms with Crippen LogP contribution >= 0.6 is 12.4 Å². The van der Waals surface area contributed by atoms with Gasteiger partial charge in [0.25, 0.3) is 0 Å². The van der Waals surface area contributed by atoms with Gasteiger partial charge in [-0.05, 0) is 0 Å². The molecule has 40 valence electrons. The van der Waals surface area contributed by atoms with Crippen molar-refractivity contribution in [3.8, 4) is 0 Å². The van der Waals surface area contributed by atoms with Crippen molar-refractivity contribution in [1.29, 1.82) is 0 Å². The molecule has 0 aliphatic carbocycles. The number of hydrogen-bond acceptors (Lipinski definition) is 2. The van der Waals surface area contributed by atoms with Gasteiger partial charge in [0.05, 0.1) is 0 Å². The van der Waals surface area contributed by atoms with Crippen molar-refractivity contribution in [1.82, 2.24) is 0 Å². The molecule has 0 aliphatic rings. The van der Waals surface area contributed by atoms with Gasteiger partial charge in [-0.15, -0.1) is 12.4 Å². The maximum Gasteiger partial charge on any atom is 1.00 e. The number of amides is 2. The summed E-state index contributed by atoms with van der Waals surface area (Å²) in [5.41, 5.74) is 8.50. The van der Waals surface area contributed by atoms with Crippen LogP contribution in [-0.4, -0.2) is 11.5 Å². The Bertz CT molecular complexity index is 38.7. The van der Waals surface area contributed by atoms with Crippen LogP contribution in [0.4, 0.5) is 4.79 Å². The Morgan fingerprint density at radius 1 is 1.29 bits per heavy atom. The Labute approximate surface area is 90.1 Å². The molecule has 0 unspecified atom stereocenters. The van der Waals surface area contributed by atoms with Crippen LogP contribution in [0, 0.1) is 0 Å². The Balaban J connectivity index is -0.0000000150.